The van der Waals surface area contributed by atoms with Crippen molar-refractivity contribution >= 4 is 5.91 Å². The highest BCUT2D eigenvalue weighted by molar-refractivity contribution is 5.76. The first-order valence-corrected chi connectivity index (χ1v) is 9.62. The quantitative estimate of drug-likeness (QED) is 0.717. The van der Waals surface area contributed by atoms with Gasteiger partial charge in [-0.15, -0.1) is 0 Å². The van der Waals surface area contributed by atoms with E-state index in [0.717, 1.165) is 16.8 Å². The average Bonchev–Trinajstić information content (AvgIpc) is 3.11. The lowest BCUT2D eigenvalue weighted by Gasteiger charge is -2.22. The number of aromatic nitrogens is 2. The first kappa shape index (κ1) is 19.3. The van der Waals surface area contributed by atoms with Crippen LogP contribution in [0.3, 0.4) is 0 Å². The lowest BCUT2D eigenvalue weighted by Crippen LogP contribution is -2.33. The molecule has 0 unspecified atom stereocenters. The van der Waals surface area contributed by atoms with E-state index in [0.29, 0.717) is 38.2 Å². The standard InChI is InChI=1S/C22H22F2N4O/c23-19-7-5-16(6-8-19)22-18(13-25-26-22)14-27-10-9-21(29)28(12-11-27)15-17-3-1-2-4-20(17)24/h1-8,13H,9-12,14-15H2,(H,25,26). The van der Waals surface area contributed by atoms with Crippen molar-refractivity contribution in [3.8, 4) is 11.3 Å². The molecule has 1 aliphatic rings. The molecule has 2 heterocycles. The van der Waals surface area contributed by atoms with Gasteiger partial charge in [0.25, 0.3) is 0 Å². The van der Waals surface area contributed by atoms with Crippen molar-refractivity contribution < 1.29 is 13.6 Å². The Hall–Kier alpha value is -3.06. The van der Waals surface area contributed by atoms with Gasteiger partial charge in [0.15, 0.2) is 0 Å². The predicted octanol–water partition coefficient (Wildman–Crippen LogP) is 3.59. The maximum absolute atomic E-state index is 14.0. The molecule has 1 saturated heterocycles. The largest absolute Gasteiger partial charge is 0.337 e. The molecule has 0 aliphatic carbocycles. The van der Waals surface area contributed by atoms with Crippen LogP contribution in [0.25, 0.3) is 11.3 Å². The Morgan fingerprint density at radius 2 is 1.72 bits per heavy atom. The third-order valence-corrected chi connectivity index (χ3v) is 5.24. The summed E-state index contributed by atoms with van der Waals surface area (Å²) in [6.45, 7) is 2.77. The monoisotopic (exact) mass is 396 g/mol. The molecule has 1 amide bonds. The van der Waals surface area contributed by atoms with Crippen molar-refractivity contribution in [3.05, 3.63) is 77.5 Å². The summed E-state index contributed by atoms with van der Waals surface area (Å²) in [7, 11) is 0. The SMILES string of the molecule is O=C1CCN(Cc2cn[nH]c2-c2ccc(F)cc2)CCN1Cc1ccccc1F. The molecule has 3 aromatic rings. The van der Waals surface area contributed by atoms with Gasteiger partial charge in [-0.2, -0.15) is 5.10 Å². The highest BCUT2D eigenvalue weighted by atomic mass is 19.1. The van der Waals surface area contributed by atoms with Crippen LogP contribution < -0.4 is 0 Å². The third kappa shape index (κ3) is 4.51. The van der Waals surface area contributed by atoms with Crippen LogP contribution in [-0.2, 0) is 17.9 Å². The van der Waals surface area contributed by atoms with Gasteiger partial charge in [0.1, 0.15) is 11.6 Å². The van der Waals surface area contributed by atoms with Gasteiger partial charge in [0, 0.05) is 55.8 Å². The Kier molecular flexibility index (Phi) is 5.67. The number of carbonyl (C=O) groups is 1. The molecule has 2 aromatic carbocycles. The highest BCUT2D eigenvalue weighted by Gasteiger charge is 2.23. The minimum Gasteiger partial charge on any atom is -0.337 e. The molecule has 4 rings (SSSR count). The van der Waals surface area contributed by atoms with Gasteiger partial charge in [-0.05, 0) is 30.3 Å². The van der Waals surface area contributed by atoms with Crippen LogP contribution in [-0.4, -0.2) is 45.5 Å². The molecule has 0 bridgehead atoms. The summed E-state index contributed by atoms with van der Waals surface area (Å²) >= 11 is 0. The number of aromatic amines is 1. The number of H-pyrrole nitrogens is 1. The summed E-state index contributed by atoms with van der Waals surface area (Å²) in [4.78, 5) is 16.4. The van der Waals surface area contributed by atoms with Gasteiger partial charge in [-0.3, -0.25) is 14.8 Å². The molecular formula is C22H22F2N4O. The molecule has 7 heteroatoms. The van der Waals surface area contributed by atoms with Crippen LogP contribution in [0.4, 0.5) is 8.78 Å². The number of amides is 1. The van der Waals surface area contributed by atoms with E-state index in [-0.39, 0.29) is 24.1 Å². The fourth-order valence-corrected chi connectivity index (χ4v) is 3.61. The molecule has 1 aliphatic heterocycles. The molecule has 29 heavy (non-hydrogen) atoms. The first-order chi connectivity index (χ1) is 14.1. The number of benzene rings is 2. The lowest BCUT2D eigenvalue weighted by atomic mass is 10.1. The number of carbonyl (C=O) groups excluding carboxylic acids is 1. The molecule has 0 atom stereocenters. The number of hydrogen-bond acceptors (Lipinski definition) is 3. The minimum atomic E-state index is -0.288. The van der Waals surface area contributed by atoms with Crippen molar-refractivity contribution in [3.63, 3.8) is 0 Å². The number of rotatable bonds is 5. The maximum Gasteiger partial charge on any atom is 0.224 e. The summed E-state index contributed by atoms with van der Waals surface area (Å²) < 4.78 is 27.2. The van der Waals surface area contributed by atoms with E-state index in [4.69, 9.17) is 0 Å². The van der Waals surface area contributed by atoms with Crippen LogP contribution in [0.1, 0.15) is 17.5 Å². The zero-order valence-electron chi connectivity index (χ0n) is 15.9. The summed E-state index contributed by atoms with van der Waals surface area (Å²) in [5, 5.41) is 7.13. The summed E-state index contributed by atoms with van der Waals surface area (Å²) in [6, 6.07) is 12.8. The van der Waals surface area contributed by atoms with E-state index < -0.39 is 0 Å². The first-order valence-electron chi connectivity index (χ1n) is 9.62. The summed E-state index contributed by atoms with van der Waals surface area (Å²) in [5.74, 6) is -0.541. The molecule has 150 valence electrons. The van der Waals surface area contributed by atoms with E-state index in [9.17, 15) is 13.6 Å². The zero-order valence-corrected chi connectivity index (χ0v) is 15.9. The molecular weight excluding hydrogens is 374 g/mol. The van der Waals surface area contributed by atoms with Crippen molar-refractivity contribution in [1.29, 1.82) is 0 Å². The Labute approximate surface area is 168 Å². The molecule has 5 nitrogen and oxygen atoms in total. The second-order valence-electron chi connectivity index (χ2n) is 7.21. The fraction of sp³-hybridized carbons (Fsp3) is 0.273. The second kappa shape index (κ2) is 8.53. The van der Waals surface area contributed by atoms with Gasteiger partial charge in [0.05, 0.1) is 11.9 Å². The highest BCUT2D eigenvalue weighted by Crippen LogP contribution is 2.23. The van der Waals surface area contributed by atoms with Gasteiger partial charge >= 0.3 is 0 Å². The van der Waals surface area contributed by atoms with Crippen molar-refractivity contribution in [2.75, 3.05) is 19.6 Å². The molecule has 0 radical (unpaired) electrons. The summed E-state index contributed by atoms with van der Waals surface area (Å²) in [6.07, 6.45) is 2.15. The minimum absolute atomic E-state index is 0.0294. The zero-order chi connectivity index (χ0) is 20.2. The maximum atomic E-state index is 14.0. The molecule has 0 spiro atoms. The van der Waals surface area contributed by atoms with Crippen molar-refractivity contribution in [2.45, 2.75) is 19.5 Å². The number of nitrogens with zero attached hydrogens (tertiary/aromatic N) is 3. The topological polar surface area (TPSA) is 52.2 Å². The average molecular weight is 396 g/mol. The smallest absolute Gasteiger partial charge is 0.224 e. The number of halogens is 2. The van der Waals surface area contributed by atoms with E-state index >= 15 is 0 Å². The molecule has 1 fully saturated rings. The van der Waals surface area contributed by atoms with Gasteiger partial charge < -0.3 is 4.90 Å². The molecule has 0 saturated carbocycles. The molecule has 1 N–H and O–H groups in total. The van der Waals surface area contributed by atoms with E-state index in [1.165, 1.54) is 18.2 Å². The Morgan fingerprint density at radius 1 is 0.931 bits per heavy atom. The third-order valence-electron chi connectivity index (χ3n) is 5.24. The van der Waals surface area contributed by atoms with Crippen LogP contribution in [0.5, 0.6) is 0 Å². The van der Waals surface area contributed by atoms with Crippen LogP contribution in [0, 0.1) is 11.6 Å². The Bertz CT molecular complexity index is 986. The van der Waals surface area contributed by atoms with Gasteiger partial charge in [0.2, 0.25) is 5.91 Å². The van der Waals surface area contributed by atoms with E-state index in [1.54, 1.807) is 41.4 Å². The van der Waals surface area contributed by atoms with E-state index in [2.05, 4.69) is 15.1 Å². The summed E-state index contributed by atoms with van der Waals surface area (Å²) in [5.41, 5.74) is 3.24. The normalized spacial score (nSPS) is 15.5. The van der Waals surface area contributed by atoms with E-state index in [1.807, 2.05) is 0 Å². The fourth-order valence-electron chi connectivity index (χ4n) is 3.61. The second-order valence-corrected chi connectivity index (χ2v) is 7.21. The predicted molar refractivity (Wildman–Crippen MR) is 106 cm³/mol. The number of nitrogens with one attached hydrogen (secondary N) is 1. The lowest BCUT2D eigenvalue weighted by molar-refractivity contribution is -0.131. The number of hydrogen-bond donors (Lipinski definition) is 1. The van der Waals surface area contributed by atoms with Crippen LogP contribution >= 0.6 is 0 Å². The Morgan fingerprint density at radius 3 is 2.52 bits per heavy atom. The molecule has 1 aromatic heterocycles. The van der Waals surface area contributed by atoms with Gasteiger partial charge in [-0.25, -0.2) is 8.78 Å². The van der Waals surface area contributed by atoms with Crippen molar-refractivity contribution in [1.82, 2.24) is 20.0 Å². The van der Waals surface area contributed by atoms with Gasteiger partial charge in [-0.1, -0.05) is 18.2 Å². The van der Waals surface area contributed by atoms with Crippen LogP contribution in [0.15, 0.2) is 54.7 Å². The van der Waals surface area contributed by atoms with Crippen LogP contribution in [0.2, 0.25) is 0 Å². The Balaban J connectivity index is 1.43. The van der Waals surface area contributed by atoms with Crippen molar-refractivity contribution in [2.24, 2.45) is 0 Å².